The highest BCUT2D eigenvalue weighted by Crippen LogP contribution is 2.42. The van der Waals surface area contributed by atoms with Crippen LogP contribution in [0.4, 0.5) is 0 Å². The van der Waals surface area contributed by atoms with E-state index in [-0.39, 0.29) is 0 Å². The third-order valence-electron chi connectivity index (χ3n) is 7.18. The summed E-state index contributed by atoms with van der Waals surface area (Å²) in [5.74, 6) is 0. The summed E-state index contributed by atoms with van der Waals surface area (Å²) in [6, 6.07) is 23.1. The number of rotatable bonds is 3. The first-order valence-electron chi connectivity index (χ1n) is 12.1. The molecule has 3 nitrogen and oxygen atoms in total. The van der Waals surface area contributed by atoms with Crippen LogP contribution in [0, 0.1) is 32.1 Å². The number of benzene rings is 3. The minimum absolute atomic E-state index is 0.638. The number of hydrogen-bond donors (Lipinski definition) is 0. The second kappa shape index (κ2) is 8.22. The van der Waals surface area contributed by atoms with E-state index in [0.717, 1.165) is 49.9 Å². The van der Waals surface area contributed by atoms with E-state index < -0.39 is 8.07 Å². The summed E-state index contributed by atoms with van der Waals surface area (Å²) in [5, 5.41) is 13.3. The molecule has 0 aliphatic carbocycles. The van der Waals surface area contributed by atoms with Crippen LogP contribution in [0.2, 0.25) is 19.6 Å². The lowest BCUT2D eigenvalue weighted by molar-refractivity contribution is -0.665. The Bertz CT molecular complexity index is 1670. The molecule has 0 amide bonds. The Kier molecular flexibility index (Phi) is 5.42. The zero-order valence-corrected chi connectivity index (χ0v) is 22.6. The van der Waals surface area contributed by atoms with Gasteiger partial charge in [0, 0.05) is 34.5 Å². The van der Waals surface area contributed by atoms with Crippen LogP contribution in [0.3, 0.4) is 0 Å². The number of fused-ring (bicyclic) bond motifs is 3. The normalized spacial score (nSPS) is 11.8. The van der Waals surface area contributed by atoms with Gasteiger partial charge in [-0.15, -0.1) is 0 Å². The van der Waals surface area contributed by atoms with E-state index in [0.29, 0.717) is 5.56 Å². The monoisotopic (exact) mass is 475 g/mol. The van der Waals surface area contributed by atoms with E-state index >= 15 is 0 Å². The van der Waals surface area contributed by atoms with Crippen LogP contribution in [0.15, 0.2) is 65.1 Å². The fraction of sp³-hybridized carbons (Fsp3) is 0.226. The standard InChI is InChI=1S/C31H31N2OSi/c1-19-13-15-25-28-23(18-32)14-16-24(22-11-9-8-10-12-22)29(28)34-30(25)27(19)26-17-20(2)31(35(5,6)7)21(3)33(26)4/h8-17H,1-7H3/q+1. The number of nitriles is 1. The molecule has 0 aliphatic rings. The van der Waals surface area contributed by atoms with Crippen LogP contribution in [0.5, 0.6) is 0 Å². The molecule has 3 aromatic carbocycles. The molecule has 5 rings (SSSR count). The fourth-order valence-corrected chi connectivity index (χ4v) is 8.19. The molecule has 0 spiro atoms. The summed E-state index contributed by atoms with van der Waals surface area (Å²) in [7, 11) is 0.648. The van der Waals surface area contributed by atoms with E-state index in [1.165, 1.54) is 16.4 Å². The van der Waals surface area contributed by atoms with Crippen LogP contribution in [-0.2, 0) is 7.05 Å². The van der Waals surface area contributed by atoms with Gasteiger partial charge in [0.05, 0.1) is 25.3 Å². The van der Waals surface area contributed by atoms with E-state index in [1.54, 1.807) is 0 Å². The van der Waals surface area contributed by atoms with Gasteiger partial charge in [0.15, 0.2) is 5.69 Å². The van der Waals surface area contributed by atoms with Crippen molar-refractivity contribution in [1.29, 1.82) is 5.26 Å². The molecule has 0 aliphatic heterocycles. The first kappa shape index (κ1) is 23.1. The molecule has 0 unspecified atom stereocenters. The molecule has 2 heterocycles. The maximum absolute atomic E-state index is 9.95. The second-order valence-corrected chi connectivity index (χ2v) is 15.6. The van der Waals surface area contributed by atoms with Crippen LogP contribution < -0.4 is 9.75 Å². The average Bonchev–Trinajstić information content (AvgIpc) is 3.20. The Morgan fingerprint density at radius 2 is 1.57 bits per heavy atom. The highest BCUT2D eigenvalue weighted by atomic mass is 28.3. The minimum atomic E-state index is -1.51. The summed E-state index contributed by atoms with van der Waals surface area (Å²) < 4.78 is 9.04. The topological polar surface area (TPSA) is 40.8 Å². The molecule has 0 saturated heterocycles. The summed E-state index contributed by atoms with van der Waals surface area (Å²) >= 11 is 0. The summed E-state index contributed by atoms with van der Waals surface area (Å²) in [4.78, 5) is 0. The van der Waals surface area contributed by atoms with Crippen molar-refractivity contribution in [2.75, 3.05) is 0 Å². The fourth-order valence-electron chi connectivity index (χ4n) is 5.68. The quantitative estimate of drug-likeness (QED) is 0.206. The van der Waals surface area contributed by atoms with Gasteiger partial charge in [-0.3, -0.25) is 0 Å². The van der Waals surface area contributed by atoms with Crippen molar-refractivity contribution in [3.8, 4) is 28.5 Å². The third-order valence-corrected chi connectivity index (χ3v) is 9.44. The highest BCUT2D eigenvalue weighted by molar-refractivity contribution is 6.89. The number of aromatic nitrogens is 1. The van der Waals surface area contributed by atoms with Gasteiger partial charge in [-0.25, -0.2) is 0 Å². The second-order valence-electron chi connectivity index (χ2n) is 10.6. The molecule has 0 N–H and O–H groups in total. The highest BCUT2D eigenvalue weighted by Gasteiger charge is 2.30. The van der Waals surface area contributed by atoms with Gasteiger partial charge in [-0.05, 0) is 42.7 Å². The largest absolute Gasteiger partial charge is 0.454 e. The molecule has 4 heteroatoms. The Morgan fingerprint density at radius 1 is 0.857 bits per heavy atom. The van der Waals surface area contributed by atoms with Gasteiger partial charge in [-0.2, -0.15) is 9.83 Å². The first-order chi connectivity index (χ1) is 16.6. The Hall–Kier alpha value is -3.68. The maximum Gasteiger partial charge on any atom is 0.216 e. The van der Waals surface area contributed by atoms with Gasteiger partial charge < -0.3 is 4.42 Å². The number of hydrogen-bond acceptors (Lipinski definition) is 2. The predicted octanol–water partition coefficient (Wildman–Crippen LogP) is 7.09. The predicted molar refractivity (Wildman–Crippen MR) is 148 cm³/mol. The van der Waals surface area contributed by atoms with E-state index in [9.17, 15) is 5.26 Å². The SMILES string of the molecule is Cc1cc(-c2c(C)ccc3c2oc2c(-c4ccccc4)ccc(C#N)c23)[n+](C)c(C)c1[Si](C)(C)C. The molecule has 0 saturated carbocycles. The van der Waals surface area contributed by atoms with E-state index in [1.807, 2.05) is 30.3 Å². The molecule has 0 radical (unpaired) electrons. The Balaban J connectivity index is 1.91. The Labute approximate surface area is 208 Å². The van der Waals surface area contributed by atoms with Crippen molar-refractivity contribution >= 4 is 35.2 Å². The Morgan fingerprint density at radius 3 is 2.23 bits per heavy atom. The molecular formula is C31H31N2OSi+. The lowest BCUT2D eigenvalue weighted by atomic mass is 9.96. The summed E-state index contributed by atoms with van der Waals surface area (Å²) in [5.41, 5.74) is 10.4. The van der Waals surface area contributed by atoms with E-state index in [4.69, 9.17) is 4.42 Å². The third kappa shape index (κ3) is 3.59. The van der Waals surface area contributed by atoms with Crippen molar-refractivity contribution in [2.24, 2.45) is 7.05 Å². The zero-order chi connectivity index (χ0) is 25.1. The molecule has 174 valence electrons. The first-order valence-corrected chi connectivity index (χ1v) is 15.6. The number of pyridine rings is 1. The maximum atomic E-state index is 9.95. The molecule has 5 aromatic rings. The van der Waals surface area contributed by atoms with Crippen molar-refractivity contribution in [2.45, 2.75) is 40.4 Å². The molecule has 0 fully saturated rings. The number of furan rings is 1. The molecular weight excluding hydrogens is 444 g/mol. The lowest BCUT2D eigenvalue weighted by Gasteiger charge is -2.21. The molecule has 0 bridgehead atoms. The minimum Gasteiger partial charge on any atom is -0.454 e. The van der Waals surface area contributed by atoms with Crippen LogP contribution in [0.25, 0.3) is 44.3 Å². The summed E-state index contributed by atoms with van der Waals surface area (Å²) in [6.07, 6.45) is 0. The van der Waals surface area contributed by atoms with Gasteiger partial charge in [-0.1, -0.05) is 62.1 Å². The van der Waals surface area contributed by atoms with Crippen molar-refractivity contribution < 1.29 is 8.98 Å². The lowest BCUT2D eigenvalue weighted by Crippen LogP contribution is -2.50. The van der Waals surface area contributed by atoms with Crippen molar-refractivity contribution in [3.05, 3.63) is 83.0 Å². The van der Waals surface area contributed by atoms with Crippen molar-refractivity contribution in [1.82, 2.24) is 0 Å². The van der Waals surface area contributed by atoms with Gasteiger partial charge in [0.1, 0.15) is 18.2 Å². The average molecular weight is 476 g/mol. The van der Waals surface area contributed by atoms with Gasteiger partial charge in [0.2, 0.25) is 5.69 Å². The summed E-state index contributed by atoms with van der Waals surface area (Å²) in [6.45, 7) is 13.8. The molecule has 2 aromatic heterocycles. The van der Waals surface area contributed by atoms with Crippen LogP contribution >= 0.6 is 0 Å². The van der Waals surface area contributed by atoms with Gasteiger partial charge >= 0.3 is 0 Å². The molecule has 0 atom stereocenters. The van der Waals surface area contributed by atoms with Crippen LogP contribution in [0.1, 0.15) is 22.4 Å². The van der Waals surface area contributed by atoms with Crippen LogP contribution in [-0.4, -0.2) is 8.07 Å². The van der Waals surface area contributed by atoms with Gasteiger partial charge in [0.25, 0.3) is 0 Å². The molecule has 35 heavy (non-hydrogen) atoms. The van der Waals surface area contributed by atoms with Crippen molar-refractivity contribution in [3.63, 3.8) is 0 Å². The zero-order valence-electron chi connectivity index (χ0n) is 21.6. The van der Waals surface area contributed by atoms with E-state index in [2.05, 4.69) is 88.4 Å². The number of aryl methyl sites for hydroxylation is 2. The smallest absolute Gasteiger partial charge is 0.216 e. The number of nitrogens with zero attached hydrogens (tertiary/aromatic N) is 2.